The Morgan fingerprint density at radius 3 is 1.89 bits per heavy atom. The molecule has 1 aliphatic heterocycles. The number of hydrogen-bond acceptors (Lipinski definition) is 4. The lowest BCUT2D eigenvalue weighted by Crippen LogP contribution is -2.39. The third-order valence-corrected chi connectivity index (χ3v) is 9.26. The second-order valence-corrected chi connectivity index (χ2v) is 12.0. The zero-order valence-corrected chi connectivity index (χ0v) is 25.8. The molecule has 1 N–H and O–H groups in total. The average molecular weight is 602 g/mol. The molecule has 46 heavy (non-hydrogen) atoms. The molecule has 0 radical (unpaired) electrons. The fourth-order valence-corrected chi connectivity index (χ4v) is 6.86. The minimum atomic E-state index is -0.857. The first-order valence-electron chi connectivity index (χ1n) is 15.8. The molecule has 0 spiro atoms. The highest BCUT2D eigenvalue weighted by Gasteiger charge is 2.41. The summed E-state index contributed by atoms with van der Waals surface area (Å²) in [5, 5.41) is 19.3. The molecule has 0 aliphatic carbocycles. The maximum Gasteiger partial charge on any atom is 0.228 e. The zero-order valence-electron chi connectivity index (χ0n) is 25.8. The van der Waals surface area contributed by atoms with E-state index in [-0.39, 0.29) is 11.8 Å². The predicted octanol–water partition coefficient (Wildman–Crippen LogP) is 7.70. The summed E-state index contributed by atoms with van der Waals surface area (Å²) in [6, 6.07) is 47.4. The Morgan fingerprint density at radius 1 is 0.783 bits per heavy atom. The van der Waals surface area contributed by atoms with Gasteiger partial charge in [-0.2, -0.15) is 10.4 Å². The van der Waals surface area contributed by atoms with E-state index in [0.29, 0.717) is 11.4 Å². The van der Waals surface area contributed by atoms with E-state index in [1.807, 2.05) is 48.5 Å². The van der Waals surface area contributed by atoms with Crippen molar-refractivity contribution in [1.29, 1.82) is 5.26 Å². The highest BCUT2D eigenvalue weighted by molar-refractivity contribution is 6.02. The van der Waals surface area contributed by atoms with Gasteiger partial charge >= 0.3 is 0 Å². The predicted molar refractivity (Wildman–Crippen MR) is 183 cm³/mol. The Bertz CT molecular complexity index is 1920. The van der Waals surface area contributed by atoms with Crippen molar-refractivity contribution in [2.75, 3.05) is 25.5 Å². The molecule has 1 aromatic heterocycles. The van der Waals surface area contributed by atoms with Crippen molar-refractivity contribution in [2.24, 2.45) is 5.92 Å². The van der Waals surface area contributed by atoms with Crippen LogP contribution in [0.1, 0.15) is 35.1 Å². The number of carbonyl (C=O) groups is 1. The van der Waals surface area contributed by atoms with E-state index < -0.39 is 5.54 Å². The van der Waals surface area contributed by atoms with Gasteiger partial charge in [-0.25, -0.2) is 4.68 Å². The normalized spacial score (nSPS) is 14.2. The lowest BCUT2D eigenvalue weighted by molar-refractivity contribution is -0.121. The molecule has 0 bridgehead atoms. The Kier molecular flexibility index (Phi) is 7.92. The van der Waals surface area contributed by atoms with Crippen LogP contribution in [0.3, 0.4) is 0 Å². The SMILES string of the molecule is CN1CCC(C(=O)Nc2nn(C(c3ccccc3)(c3ccccc3)c3ccccc3)c3ccc(-c4ccccc4C#N)cc23)CC1. The van der Waals surface area contributed by atoms with E-state index in [2.05, 4.69) is 113 Å². The molecule has 7 rings (SSSR count). The number of hydrogen-bond donors (Lipinski definition) is 1. The first kappa shape index (κ1) is 29.2. The van der Waals surface area contributed by atoms with Gasteiger partial charge in [-0.1, -0.05) is 115 Å². The van der Waals surface area contributed by atoms with Crippen molar-refractivity contribution in [2.45, 2.75) is 18.4 Å². The number of piperidine rings is 1. The van der Waals surface area contributed by atoms with Crippen molar-refractivity contribution >= 4 is 22.6 Å². The number of benzene rings is 5. The van der Waals surface area contributed by atoms with Gasteiger partial charge in [0.05, 0.1) is 17.1 Å². The number of carbonyl (C=O) groups excluding carboxylic acids is 1. The number of nitrogens with one attached hydrogen (secondary N) is 1. The van der Waals surface area contributed by atoms with Crippen LogP contribution < -0.4 is 5.32 Å². The second kappa shape index (κ2) is 12.5. The lowest BCUT2D eigenvalue weighted by atomic mass is 9.77. The molecule has 1 fully saturated rings. The van der Waals surface area contributed by atoms with Gasteiger partial charge in [-0.05, 0) is 79.0 Å². The van der Waals surface area contributed by atoms with Crippen LogP contribution in [-0.4, -0.2) is 40.7 Å². The fourth-order valence-electron chi connectivity index (χ4n) is 6.86. The molecule has 6 heteroatoms. The van der Waals surface area contributed by atoms with Gasteiger partial charge in [-0.3, -0.25) is 4.79 Å². The van der Waals surface area contributed by atoms with Gasteiger partial charge in [0.1, 0.15) is 5.54 Å². The van der Waals surface area contributed by atoms with Gasteiger partial charge in [-0.15, -0.1) is 0 Å². The van der Waals surface area contributed by atoms with E-state index in [1.54, 1.807) is 0 Å². The van der Waals surface area contributed by atoms with Crippen molar-refractivity contribution < 1.29 is 4.79 Å². The van der Waals surface area contributed by atoms with Crippen molar-refractivity contribution in [3.05, 3.63) is 156 Å². The summed E-state index contributed by atoms with van der Waals surface area (Å²) in [5.41, 5.74) is 5.48. The van der Waals surface area contributed by atoms with Crippen molar-refractivity contribution in [3.8, 4) is 17.2 Å². The molecule has 5 aromatic carbocycles. The molecule has 1 aliphatic rings. The van der Waals surface area contributed by atoms with Crippen LogP contribution in [0.5, 0.6) is 0 Å². The minimum Gasteiger partial charge on any atom is -0.308 e. The Morgan fingerprint density at radius 2 is 1.33 bits per heavy atom. The van der Waals surface area contributed by atoms with Crippen LogP contribution in [0.4, 0.5) is 5.82 Å². The van der Waals surface area contributed by atoms with E-state index in [9.17, 15) is 10.1 Å². The number of aromatic nitrogens is 2. The topological polar surface area (TPSA) is 74.0 Å². The fraction of sp³-hybridized carbons (Fsp3) is 0.175. The molecule has 1 saturated heterocycles. The summed E-state index contributed by atoms with van der Waals surface area (Å²) in [6.07, 6.45) is 1.62. The Hall–Kier alpha value is -5.51. The summed E-state index contributed by atoms with van der Waals surface area (Å²) < 4.78 is 2.08. The van der Waals surface area contributed by atoms with Gasteiger partial charge in [0, 0.05) is 11.3 Å². The van der Waals surface area contributed by atoms with E-state index in [1.165, 1.54) is 0 Å². The lowest BCUT2D eigenvalue weighted by Gasteiger charge is -2.37. The first-order chi connectivity index (χ1) is 22.6. The molecule has 0 saturated carbocycles. The van der Waals surface area contributed by atoms with Crippen LogP contribution >= 0.6 is 0 Å². The number of amides is 1. The molecule has 2 heterocycles. The van der Waals surface area contributed by atoms with Gasteiger partial charge in [0.25, 0.3) is 0 Å². The number of nitrogens with zero attached hydrogens (tertiary/aromatic N) is 4. The van der Waals surface area contributed by atoms with Gasteiger partial charge in [0.2, 0.25) is 5.91 Å². The Balaban J connectivity index is 1.51. The number of fused-ring (bicyclic) bond motifs is 1. The second-order valence-electron chi connectivity index (χ2n) is 12.0. The quantitative estimate of drug-likeness (QED) is 0.190. The van der Waals surface area contributed by atoms with Crippen molar-refractivity contribution in [1.82, 2.24) is 14.7 Å². The maximum atomic E-state index is 13.8. The standard InChI is InChI=1S/C40H35N5O/c1-44-25-23-29(24-26-44)39(46)42-38-36-27-30(35-20-12-11-13-31(35)28-41)21-22-37(36)45(43-38)40(32-14-5-2-6-15-32,33-16-7-3-8-17-33)34-18-9-4-10-19-34/h2-22,27,29H,23-26H2,1H3,(H,42,43,46). The molecule has 226 valence electrons. The van der Waals surface area contributed by atoms with E-state index >= 15 is 0 Å². The zero-order chi connectivity index (χ0) is 31.5. The van der Waals surface area contributed by atoms with Crippen LogP contribution in [-0.2, 0) is 10.3 Å². The minimum absolute atomic E-state index is 0.00721. The largest absolute Gasteiger partial charge is 0.308 e. The maximum absolute atomic E-state index is 13.8. The molecule has 0 unspecified atom stereocenters. The van der Waals surface area contributed by atoms with Crippen LogP contribution in [0.25, 0.3) is 22.0 Å². The average Bonchev–Trinajstić information content (AvgIpc) is 3.47. The monoisotopic (exact) mass is 601 g/mol. The molecule has 6 aromatic rings. The highest BCUT2D eigenvalue weighted by atomic mass is 16.2. The summed E-state index contributed by atoms with van der Waals surface area (Å²) in [6.45, 7) is 1.78. The summed E-state index contributed by atoms with van der Waals surface area (Å²) >= 11 is 0. The molecule has 1 amide bonds. The van der Waals surface area contributed by atoms with Crippen molar-refractivity contribution in [3.63, 3.8) is 0 Å². The summed E-state index contributed by atoms with van der Waals surface area (Å²) in [5.74, 6) is 0.427. The third kappa shape index (κ3) is 5.15. The van der Waals surface area contributed by atoms with E-state index in [0.717, 1.165) is 64.7 Å². The third-order valence-electron chi connectivity index (χ3n) is 9.26. The van der Waals surface area contributed by atoms with Crippen LogP contribution in [0.15, 0.2) is 133 Å². The summed E-state index contributed by atoms with van der Waals surface area (Å²) in [7, 11) is 2.10. The smallest absolute Gasteiger partial charge is 0.228 e. The number of likely N-dealkylation sites (tertiary alicyclic amines) is 1. The van der Waals surface area contributed by atoms with Crippen LogP contribution in [0.2, 0.25) is 0 Å². The summed E-state index contributed by atoms with van der Waals surface area (Å²) in [4.78, 5) is 16.1. The number of nitriles is 1. The molecular formula is C40H35N5O. The van der Waals surface area contributed by atoms with Crippen LogP contribution in [0, 0.1) is 17.2 Å². The number of anilines is 1. The molecule has 0 atom stereocenters. The van der Waals surface area contributed by atoms with E-state index in [4.69, 9.17) is 5.10 Å². The van der Waals surface area contributed by atoms with Gasteiger partial charge < -0.3 is 10.2 Å². The first-order valence-corrected chi connectivity index (χ1v) is 15.8. The molecular weight excluding hydrogens is 566 g/mol. The van der Waals surface area contributed by atoms with Gasteiger partial charge in [0.15, 0.2) is 5.82 Å². The molecule has 6 nitrogen and oxygen atoms in total. The Labute approximate surface area is 269 Å². The highest BCUT2D eigenvalue weighted by Crippen LogP contribution is 2.44. The number of rotatable bonds is 7.